The third-order valence-corrected chi connectivity index (χ3v) is 1.22. The van der Waals surface area contributed by atoms with Crippen LogP contribution in [-0.4, -0.2) is 12.8 Å². The Morgan fingerprint density at radius 1 is 1.56 bits per heavy atom. The number of pyridine rings is 1. The topological polar surface area (TPSA) is 12.9 Å². The van der Waals surface area contributed by atoms with Gasteiger partial charge in [0.25, 0.3) is 0 Å². The fraction of sp³-hybridized carbons (Fsp3) is 0.286. The van der Waals surface area contributed by atoms with Crippen LogP contribution in [0.25, 0.3) is 0 Å². The fourth-order valence-electron chi connectivity index (χ4n) is 0.701. The maximum Gasteiger partial charge on any atom is 0.115 e. The number of rotatable bonds is 1. The van der Waals surface area contributed by atoms with Crippen molar-refractivity contribution in [2.75, 3.05) is 0 Å². The minimum absolute atomic E-state index is 0.745. The van der Waals surface area contributed by atoms with Gasteiger partial charge < -0.3 is 0 Å². The SMILES string of the molecule is [B]c1cncc(CC)c1. The van der Waals surface area contributed by atoms with E-state index in [2.05, 4.69) is 11.9 Å². The van der Waals surface area contributed by atoms with Crippen LogP contribution in [0.2, 0.25) is 0 Å². The van der Waals surface area contributed by atoms with E-state index in [-0.39, 0.29) is 0 Å². The fourth-order valence-corrected chi connectivity index (χ4v) is 0.701. The van der Waals surface area contributed by atoms with Gasteiger partial charge >= 0.3 is 0 Å². The van der Waals surface area contributed by atoms with Gasteiger partial charge in [0.05, 0.1) is 0 Å². The molecule has 0 bridgehead atoms. The van der Waals surface area contributed by atoms with Gasteiger partial charge in [-0.3, -0.25) is 4.98 Å². The first kappa shape index (κ1) is 6.34. The van der Waals surface area contributed by atoms with Crippen LogP contribution < -0.4 is 5.46 Å². The van der Waals surface area contributed by atoms with E-state index in [1.54, 1.807) is 6.20 Å². The van der Waals surface area contributed by atoms with Crippen LogP contribution >= 0.6 is 0 Å². The molecule has 0 atom stereocenters. The van der Waals surface area contributed by atoms with Crippen molar-refractivity contribution in [1.29, 1.82) is 0 Å². The summed E-state index contributed by atoms with van der Waals surface area (Å²) in [5, 5.41) is 0. The molecule has 0 unspecified atom stereocenters. The molecule has 2 radical (unpaired) electrons. The molecule has 0 aliphatic rings. The van der Waals surface area contributed by atoms with Crippen molar-refractivity contribution in [3.05, 3.63) is 24.0 Å². The molecule has 0 amide bonds. The van der Waals surface area contributed by atoms with Crippen molar-refractivity contribution in [2.24, 2.45) is 0 Å². The van der Waals surface area contributed by atoms with Crippen LogP contribution in [0.1, 0.15) is 12.5 Å². The van der Waals surface area contributed by atoms with Crippen molar-refractivity contribution in [2.45, 2.75) is 13.3 Å². The lowest BCUT2D eigenvalue weighted by Crippen LogP contribution is -2.03. The summed E-state index contributed by atoms with van der Waals surface area (Å²) in [4.78, 5) is 3.93. The van der Waals surface area contributed by atoms with Crippen molar-refractivity contribution in [3.8, 4) is 0 Å². The second kappa shape index (κ2) is 2.67. The standard InChI is InChI=1S/C7H8BN/c1-2-6-3-7(8)5-9-4-6/h3-5H,2H2,1H3. The lowest BCUT2D eigenvalue weighted by molar-refractivity contribution is 1.11. The van der Waals surface area contributed by atoms with Gasteiger partial charge in [-0.1, -0.05) is 18.5 Å². The molecule has 1 heterocycles. The highest BCUT2D eigenvalue weighted by molar-refractivity contribution is 6.32. The van der Waals surface area contributed by atoms with Crippen molar-refractivity contribution < 1.29 is 0 Å². The van der Waals surface area contributed by atoms with Crippen molar-refractivity contribution in [3.63, 3.8) is 0 Å². The molecule has 2 heteroatoms. The summed E-state index contributed by atoms with van der Waals surface area (Å²) >= 11 is 0. The second-order valence-electron chi connectivity index (χ2n) is 1.98. The molecule has 0 saturated heterocycles. The highest BCUT2D eigenvalue weighted by Gasteiger charge is 1.86. The van der Waals surface area contributed by atoms with E-state index in [9.17, 15) is 0 Å². The lowest BCUT2D eigenvalue weighted by atomic mass is 9.97. The third kappa shape index (κ3) is 1.56. The number of hydrogen-bond acceptors (Lipinski definition) is 1. The molecule has 44 valence electrons. The molecule has 1 aromatic rings. The molecule has 1 rings (SSSR count). The number of aromatic nitrogens is 1. The minimum atomic E-state index is 0.745. The third-order valence-electron chi connectivity index (χ3n) is 1.22. The first-order valence-electron chi connectivity index (χ1n) is 3.02. The summed E-state index contributed by atoms with van der Waals surface area (Å²) in [5.41, 5.74) is 1.93. The highest BCUT2D eigenvalue weighted by atomic mass is 14.6. The Hall–Kier alpha value is -0.785. The van der Waals surface area contributed by atoms with E-state index in [0.717, 1.165) is 11.9 Å². The van der Waals surface area contributed by atoms with Crippen LogP contribution in [0.15, 0.2) is 18.5 Å². The number of aryl methyl sites for hydroxylation is 1. The zero-order valence-corrected chi connectivity index (χ0v) is 5.46. The van der Waals surface area contributed by atoms with Gasteiger partial charge in [0, 0.05) is 12.4 Å². The molecule has 0 aliphatic carbocycles. The summed E-state index contributed by atoms with van der Waals surface area (Å²) in [7, 11) is 5.47. The van der Waals surface area contributed by atoms with Gasteiger partial charge in [-0.15, -0.1) is 0 Å². The van der Waals surface area contributed by atoms with Crippen LogP contribution in [0, 0.1) is 0 Å². The molecular formula is C7H8BN. The molecule has 9 heavy (non-hydrogen) atoms. The number of nitrogens with zero attached hydrogens (tertiary/aromatic N) is 1. The van der Waals surface area contributed by atoms with Crippen LogP contribution in [0.3, 0.4) is 0 Å². The van der Waals surface area contributed by atoms with Gasteiger partial charge in [0.15, 0.2) is 0 Å². The average molecular weight is 117 g/mol. The first-order valence-corrected chi connectivity index (χ1v) is 3.02. The van der Waals surface area contributed by atoms with Gasteiger partial charge in [0.1, 0.15) is 7.85 Å². The van der Waals surface area contributed by atoms with Crippen LogP contribution in [0.4, 0.5) is 0 Å². The van der Waals surface area contributed by atoms with Gasteiger partial charge in [-0.25, -0.2) is 0 Å². The Bertz CT molecular complexity index is 198. The average Bonchev–Trinajstić information content (AvgIpc) is 1.88. The van der Waals surface area contributed by atoms with Gasteiger partial charge in [-0.05, 0) is 12.0 Å². The molecule has 0 aliphatic heterocycles. The second-order valence-corrected chi connectivity index (χ2v) is 1.98. The highest BCUT2D eigenvalue weighted by Crippen LogP contribution is 1.91. The molecular weight excluding hydrogens is 109 g/mol. The zero-order chi connectivity index (χ0) is 6.69. The Labute approximate surface area is 56.5 Å². The maximum atomic E-state index is 5.47. The summed E-state index contributed by atoms with van der Waals surface area (Å²) in [5.74, 6) is 0. The summed E-state index contributed by atoms with van der Waals surface area (Å²) in [6, 6.07) is 1.94. The Kier molecular flexibility index (Phi) is 1.88. The molecule has 1 aromatic heterocycles. The maximum absolute atomic E-state index is 5.47. The van der Waals surface area contributed by atoms with Gasteiger partial charge in [-0.2, -0.15) is 0 Å². The lowest BCUT2D eigenvalue weighted by Gasteiger charge is -1.94. The van der Waals surface area contributed by atoms with E-state index in [1.807, 2.05) is 12.3 Å². The Morgan fingerprint density at radius 2 is 2.33 bits per heavy atom. The Balaban J connectivity index is 2.94. The van der Waals surface area contributed by atoms with Crippen molar-refractivity contribution in [1.82, 2.24) is 4.98 Å². The van der Waals surface area contributed by atoms with E-state index >= 15 is 0 Å². The quantitative estimate of drug-likeness (QED) is 0.486. The molecule has 0 spiro atoms. The van der Waals surface area contributed by atoms with Crippen molar-refractivity contribution >= 4 is 13.3 Å². The van der Waals surface area contributed by atoms with Crippen LogP contribution in [0.5, 0.6) is 0 Å². The van der Waals surface area contributed by atoms with E-state index in [1.165, 1.54) is 5.56 Å². The van der Waals surface area contributed by atoms with Crippen LogP contribution in [-0.2, 0) is 6.42 Å². The molecule has 1 nitrogen and oxygen atoms in total. The summed E-state index contributed by atoms with van der Waals surface area (Å²) in [6.45, 7) is 2.08. The first-order chi connectivity index (χ1) is 4.33. The molecule has 0 aromatic carbocycles. The van der Waals surface area contributed by atoms with E-state index in [0.29, 0.717) is 0 Å². The summed E-state index contributed by atoms with van der Waals surface area (Å²) < 4.78 is 0. The smallest absolute Gasteiger partial charge is 0.115 e. The Morgan fingerprint density at radius 3 is 2.78 bits per heavy atom. The zero-order valence-electron chi connectivity index (χ0n) is 5.46. The normalized spacial score (nSPS) is 9.44. The summed E-state index contributed by atoms with van der Waals surface area (Å²) in [6.07, 6.45) is 4.48. The van der Waals surface area contributed by atoms with E-state index in [4.69, 9.17) is 7.85 Å². The largest absolute Gasteiger partial charge is 0.265 e. The number of hydrogen-bond donors (Lipinski definition) is 0. The minimum Gasteiger partial charge on any atom is -0.265 e. The van der Waals surface area contributed by atoms with Gasteiger partial charge in [0.2, 0.25) is 0 Å². The molecule has 0 saturated carbocycles. The monoisotopic (exact) mass is 117 g/mol. The predicted octanol–water partition coefficient (Wildman–Crippen LogP) is 0.438. The molecule has 0 fully saturated rings. The predicted molar refractivity (Wildman–Crippen MR) is 39.0 cm³/mol. The van der Waals surface area contributed by atoms with E-state index < -0.39 is 0 Å². The molecule has 0 N–H and O–H groups in total.